The molecule has 0 aliphatic carbocycles. The van der Waals surface area contributed by atoms with Gasteiger partial charge in [0.1, 0.15) is 11.5 Å². The van der Waals surface area contributed by atoms with Crippen molar-refractivity contribution in [3.05, 3.63) is 102 Å². The average molecular weight is 541 g/mol. The zero-order valence-corrected chi connectivity index (χ0v) is 24.0. The second kappa shape index (κ2) is 18.6. The second-order valence-corrected chi connectivity index (χ2v) is 10.3. The lowest BCUT2D eigenvalue weighted by Crippen LogP contribution is -2.08. The Morgan fingerprint density at radius 1 is 0.600 bits per heavy atom. The first-order chi connectivity index (χ1) is 19.7. The molecule has 0 aromatic heterocycles. The summed E-state index contributed by atoms with van der Waals surface area (Å²) >= 11 is 0. The Kier molecular flexibility index (Phi) is 14.4. The molecule has 212 valence electrons. The minimum absolute atomic E-state index is 0.110. The van der Waals surface area contributed by atoms with Crippen LogP contribution >= 0.6 is 0 Å². The Balaban J connectivity index is 1.29. The van der Waals surface area contributed by atoms with Gasteiger partial charge in [-0.25, -0.2) is 4.79 Å². The van der Waals surface area contributed by atoms with Crippen molar-refractivity contribution in [2.75, 3.05) is 6.61 Å². The zero-order chi connectivity index (χ0) is 28.3. The monoisotopic (exact) mass is 540 g/mol. The molecule has 3 aromatic rings. The van der Waals surface area contributed by atoms with Gasteiger partial charge < -0.3 is 9.47 Å². The Morgan fingerprint density at radius 2 is 1.12 bits per heavy atom. The number of benzene rings is 3. The number of hydrogen-bond acceptors (Lipinski definition) is 4. The minimum Gasteiger partial charge on any atom is -0.494 e. The highest BCUT2D eigenvalue weighted by Crippen LogP contribution is 2.18. The van der Waals surface area contributed by atoms with E-state index >= 15 is 0 Å². The van der Waals surface area contributed by atoms with Gasteiger partial charge in [0.25, 0.3) is 0 Å². The van der Waals surface area contributed by atoms with Crippen LogP contribution in [0.25, 0.3) is 6.08 Å². The van der Waals surface area contributed by atoms with E-state index in [-0.39, 0.29) is 5.78 Å². The van der Waals surface area contributed by atoms with E-state index in [1.807, 2.05) is 30.3 Å². The maximum absolute atomic E-state index is 12.5. The van der Waals surface area contributed by atoms with Crippen molar-refractivity contribution in [3.63, 3.8) is 0 Å². The minimum atomic E-state index is -0.449. The van der Waals surface area contributed by atoms with Crippen molar-refractivity contribution in [1.29, 1.82) is 0 Å². The van der Waals surface area contributed by atoms with E-state index in [4.69, 9.17) is 9.47 Å². The molecule has 0 atom stereocenters. The molecule has 0 aliphatic heterocycles. The number of rotatable bonds is 19. The van der Waals surface area contributed by atoms with E-state index in [1.54, 1.807) is 54.6 Å². The summed E-state index contributed by atoms with van der Waals surface area (Å²) in [5.74, 6) is 0.586. The van der Waals surface area contributed by atoms with Gasteiger partial charge in [-0.2, -0.15) is 0 Å². The Morgan fingerprint density at radius 3 is 1.73 bits per heavy atom. The van der Waals surface area contributed by atoms with E-state index in [0.717, 1.165) is 17.7 Å². The van der Waals surface area contributed by atoms with Crippen LogP contribution in [-0.2, 0) is 0 Å². The van der Waals surface area contributed by atoms with Gasteiger partial charge in [0.05, 0.1) is 12.2 Å². The van der Waals surface area contributed by atoms with Gasteiger partial charge in [-0.3, -0.25) is 4.79 Å². The topological polar surface area (TPSA) is 52.6 Å². The van der Waals surface area contributed by atoms with Crippen LogP contribution in [0.2, 0.25) is 0 Å². The van der Waals surface area contributed by atoms with Crippen molar-refractivity contribution < 1.29 is 19.1 Å². The summed E-state index contributed by atoms with van der Waals surface area (Å²) in [6, 6.07) is 23.3. The van der Waals surface area contributed by atoms with Crippen molar-refractivity contribution in [3.8, 4) is 11.5 Å². The first-order valence-corrected chi connectivity index (χ1v) is 15.0. The van der Waals surface area contributed by atoms with Crippen LogP contribution in [0.4, 0.5) is 0 Å². The molecule has 4 heteroatoms. The van der Waals surface area contributed by atoms with Gasteiger partial charge in [-0.15, -0.1) is 0 Å². The molecule has 0 radical (unpaired) electrons. The normalized spacial score (nSPS) is 11.0. The number of ether oxygens (including phenoxy) is 2. The fourth-order valence-corrected chi connectivity index (χ4v) is 4.51. The highest BCUT2D eigenvalue weighted by molar-refractivity contribution is 6.06. The lowest BCUT2D eigenvalue weighted by molar-refractivity contribution is 0.0734. The number of ketones is 1. The Hall–Kier alpha value is -3.66. The number of esters is 1. The lowest BCUT2D eigenvalue weighted by atomic mass is 10.1. The molecule has 0 fully saturated rings. The molecule has 0 bridgehead atoms. The van der Waals surface area contributed by atoms with Crippen LogP contribution in [-0.4, -0.2) is 18.4 Å². The summed E-state index contributed by atoms with van der Waals surface area (Å²) in [6.07, 6.45) is 19.1. The maximum Gasteiger partial charge on any atom is 0.343 e. The van der Waals surface area contributed by atoms with E-state index in [0.29, 0.717) is 23.5 Å². The Bertz CT molecular complexity index is 1150. The van der Waals surface area contributed by atoms with Gasteiger partial charge in [-0.1, -0.05) is 114 Å². The van der Waals surface area contributed by atoms with Crippen LogP contribution in [0.1, 0.15) is 110 Å². The third-order valence-corrected chi connectivity index (χ3v) is 6.93. The van der Waals surface area contributed by atoms with Crippen molar-refractivity contribution in [2.45, 2.75) is 84.0 Å². The van der Waals surface area contributed by atoms with Gasteiger partial charge in [0.15, 0.2) is 5.78 Å². The predicted octanol–water partition coefficient (Wildman–Crippen LogP) is 9.88. The number of carbonyl (C=O) groups excluding carboxylic acids is 2. The fraction of sp³-hybridized carbons (Fsp3) is 0.389. The van der Waals surface area contributed by atoms with Crippen molar-refractivity contribution in [1.82, 2.24) is 0 Å². The van der Waals surface area contributed by atoms with Crippen LogP contribution in [0, 0.1) is 0 Å². The standard InChI is InChI=1S/C36H44O4/c1-2-3-4-5-6-7-8-9-10-11-12-16-29-39-33-24-22-32(23-25-33)36(38)40-34-26-20-31(21-27-34)35(37)28-19-30-17-14-13-15-18-30/h13-15,17-28H,2-12,16,29H2,1H3/b28-19+. The molecular formula is C36H44O4. The van der Waals surface area contributed by atoms with E-state index in [2.05, 4.69) is 6.92 Å². The highest BCUT2D eigenvalue weighted by atomic mass is 16.5. The van der Waals surface area contributed by atoms with Crippen LogP contribution in [0.5, 0.6) is 11.5 Å². The van der Waals surface area contributed by atoms with Gasteiger partial charge in [0.2, 0.25) is 0 Å². The average Bonchev–Trinajstić information content (AvgIpc) is 2.99. The molecule has 0 heterocycles. The highest BCUT2D eigenvalue weighted by Gasteiger charge is 2.10. The summed E-state index contributed by atoms with van der Waals surface area (Å²) in [6.45, 7) is 2.95. The Labute approximate surface area is 240 Å². The molecule has 3 rings (SSSR count). The lowest BCUT2D eigenvalue weighted by Gasteiger charge is -2.08. The van der Waals surface area contributed by atoms with Gasteiger partial charge in [0, 0.05) is 5.56 Å². The molecule has 4 nitrogen and oxygen atoms in total. The second-order valence-electron chi connectivity index (χ2n) is 10.3. The molecule has 0 aliphatic rings. The molecule has 0 saturated carbocycles. The molecular weight excluding hydrogens is 496 g/mol. The first-order valence-electron chi connectivity index (χ1n) is 15.0. The summed E-state index contributed by atoms with van der Waals surface area (Å²) < 4.78 is 11.3. The summed E-state index contributed by atoms with van der Waals surface area (Å²) in [5, 5.41) is 0. The smallest absolute Gasteiger partial charge is 0.343 e. The first kappa shape index (κ1) is 30.9. The van der Waals surface area contributed by atoms with E-state index in [1.165, 1.54) is 76.7 Å². The number of carbonyl (C=O) groups is 2. The third-order valence-electron chi connectivity index (χ3n) is 6.93. The zero-order valence-electron chi connectivity index (χ0n) is 24.0. The van der Waals surface area contributed by atoms with Crippen molar-refractivity contribution in [2.24, 2.45) is 0 Å². The number of allylic oxidation sites excluding steroid dienone is 1. The third kappa shape index (κ3) is 12.0. The molecule has 0 amide bonds. The summed E-state index contributed by atoms with van der Waals surface area (Å²) in [4.78, 5) is 25.0. The number of hydrogen-bond donors (Lipinski definition) is 0. The molecule has 3 aromatic carbocycles. The number of unbranched alkanes of at least 4 members (excludes halogenated alkanes) is 11. The van der Waals surface area contributed by atoms with Crippen LogP contribution in [0.3, 0.4) is 0 Å². The maximum atomic E-state index is 12.5. The quantitative estimate of drug-likeness (QED) is 0.0499. The largest absolute Gasteiger partial charge is 0.494 e. The van der Waals surface area contributed by atoms with Crippen LogP contribution < -0.4 is 9.47 Å². The SMILES string of the molecule is CCCCCCCCCCCCCCOc1ccc(C(=O)Oc2ccc(C(=O)/C=C/c3ccccc3)cc2)cc1. The van der Waals surface area contributed by atoms with Gasteiger partial charge >= 0.3 is 5.97 Å². The fourth-order valence-electron chi connectivity index (χ4n) is 4.51. The summed E-state index contributed by atoms with van der Waals surface area (Å²) in [5.41, 5.74) is 1.94. The molecule has 0 spiro atoms. The van der Waals surface area contributed by atoms with E-state index < -0.39 is 5.97 Å². The summed E-state index contributed by atoms with van der Waals surface area (Å²) in [7, 11) is 0. The molecule has 0 saturated heterocycles. The molecule has 0 unspecified atom stereocenters. The van der Waals surface area contributed by atoms with Gasteiger partial charge in [-0.05, 0) is 66.6 Å². The molecule has 40 heavy (non-hydrogen) atoms. The van der Waals surface area contributed by atoms with Crippen molar-refractivity contribution >= 4 is 17.8 Å². The molecule has 0 N–H and O–H groups in total. The van der Waals surface area contributed by atoms with Crippen LogP contribution in [0.15, 0.2) is 84.9 Å². The van der Waals surface area contributed by atoms with E-state index in [9.17, 15) is 9.59 Å². The predicted molar refractivity (Wildman–Crippen MR) is 164 cm³/mol.